The van der Waals surface area contributed by atoms with Crippen molar-refractivity contribution < 1.29 is 0 Å². The average Bonchev–Trinajstić information content (AvgIpc) is 3.07. The molecule has 0 radical (unpaired) electrons. The number of guanidine groups is 1. The van der Waals surface area contributed by atoms with Gasteiger partial charge >= 0.3 is 0 Å². The van der Waals surface area contributed by atoms with E-state index in [-0.39, 0.29) is 0 Å². The fraction of sp³-hybridized carbons (Fsp3) is 0.471. The summed E-state index contributed by atoms with van der Waals surface area (Å²) in [5, 5.41) is 3.40. The molecule has 1 N–H and O–H groups in total. The molecule has 0 spiro atoms. The van der Waals surface area contributed by atoms with E-state index in [1.807, 2.05) is 12.1 Å². The van der Waals surface area contributed by atoms with Crippen molar-refractivity contribution in [1.82, 2.24) is 20.2 Å². The van der Waals surface area contributed by atoms with Crippen LogP contribution in [0.2, 0.25) is 4.34 Å². The Kier molecular flexibility index (Phi) is 6.47. The molecule has 1 aliphatic rings. The van der Waals surface area contributed by atoms with E-state index in [4.69, 9.17) is 16.6 Å². The lowest BCUT2D eigenvalue weighted by Crippen LogP contribution is -2.53. The van der Waals surface area contributed by atoms with Gasteiger partial charge in [0.05, 0.1) is 4.34 Å². The van der Waals surface area contributed by atoms with Crippen molar-refractivity contribution in [2.45, 2.75) is 13.3 Å². The van der Waals surface area contributed by atoms with Gasteiger partial charge < -0.3 is 15.1 Å². The Morgan fingerprint density at radius 2 is 2.00 bits per heavy atom. The van der Waals surface area contributed by atoms with Crippen molar-refractivity contribution >= 4 is 34.8 Å². The van der Waals surface area contributed by atoms with Gasteiger partial charge in [0.25, 0.3) is 0 Å². The Balaban J connectivity index is 1.55. The van der Waals surface area contributed by atoms with Gasteiger partial charge in [-0.15, -0.1) is 11.3 Å². The molecule has 1 saturated heterocycles. The molecule has 6 nitrogen and oxygen atoms in total. The van der Waals surface area contributed by atoms with E-state index in [1.54, 1.807) is 23.7 Å². The van der Waals surface area contributed by atoms with Crippen LogP contribution >= 0.6 is 22.9 Å². The van der Waals surface area contributed by atoms with Crippen LogP contribution in [-0.2, 0) is 6.42 Å². The minimum Gasteiger partial charge on any atom is -0.357 e. The topological polar surface area (TPSA) is 56.7 Å². The van der Waals surface area contributed by atoms with Gasteiger partial charge in [0.15, 0.2) is 5.96 Å². The highest BCUT2D eigenvalue weighted by molar-refractivity contribution is 7.16. The molecule has 1 aliphatic heterocycles. The fourth-order valence-electron chi connectivity index (χ4n) is 2.76. The summed E-state index contributed by atoms with van der Waals surface area (Å²) in [6, 6.07) is 5.87. The lowest BCUT2D eigenvalue weighted by molar-refractivity contribution is 0.370. The third-order valence-electron chi connectivity index (χ3n) is 4.00. The zero-order chi connectivity index (χ0) is 17.5. The molecule has 8 heteroatoms. The summed E-state index contributed by atoms with van der Waals surface area (Å²) in [4.78, 5) is 19.3. The molecule has 2 aromatic heterocycles. The maximum absolute atomic E-state index is 5.98. The van der Waals surface area contributed by atoms with E-state index in [0.717, 1.165) is 61.9 Å². The first-order chi connectivity index (χ1) is 12.3. The highest BCUT2D eigenvalue weighted by Gasteiger charge is 2.20. The molecule has 134 valence electrons. The zero-order valence-corrected chi connectivity index (χ0v) is 15.9. The monoisotopic (exact) mass is 378 g/mol. The predicted octanol–water partition coefficient (Wildman–Crippen LogP) is 2.52. The predicted molar refractivity (Wildman–Crippen MR) is 105 cm³/mol. The first-order valence-electron chi connectivity index (χ1n) is 8.55. The number of hydrogen-bond acceptors (Lipinski definition) is 5. The van der Waals surface area contributed by atoms with Gasteiger partial charge in [-0.3, -0.25) is 4.99 Å². The SMILES string of the molecule is CCNC(=NCCc1ccc(Cl)s1)N1CCN(c2ncccn2)CC1. The van der Waals surface area contributed by atoms with Gasteiger partial charge in [0, 0.05) is 63.0 Å². The van der Waals surface area contributed by atoms with Crippen LogP contribution in [0.5, 0.6) is 0 Å². The summed E-state index contributed by atoms with van der Waals surface area (Å²) in [5.41, 5.74) is 0. The lowest BCUT2D eigenvalue weighted by atomic mass is 10.3. The number of aromatic nitrogens is 2. The molecule has 2 aromatic rings. The normalized spacial score (nSPS) is 15.5. The molecule has 0 aliphatic carbocycles. The van der Waals surface area contributed by atoms with Crippen LogP contribution in [0, 0.1) is 0 Å². The standard InChI is InChI=1S/C17H23ClN6S/c1-2-19-16(22-9-6-14-4-5-15(18)25-14)23-10-12-24(13-11-23)17-20-7-3-8-21-17/h3-5,7-8H,2,6,9-13H2,1H3,(H,19,22). The van der Waals surface area contributed by atoms with Gasteiger partial charge in [-0.2, -0.15) is 0 Å². The van der Waals surface area contributed by atoms with E-state index in [2.05, 4.69) is 38.1 Å². The van der Waals surface area contributed by atoms with Gasteiger partial charge in [-0.1, -0.05) is 11.6 Å². The van der Waals surface area contributed by atoms with Crippen LogP contribution in [0.15, 0.2) is 35.6 Å². The van der Waals surface area contributed by atoms with Crippen molar-refractivity contribution in [3.63, 3.8) is 0 Å². The average molecular weight is 379 g/mol. The maximum Gasteiger partial charge on any atom is 0.225 e. The minimum atomic E-state index is 0.765. The highest BCUT2D eigenvalue weighted by atomic mass is 35.5. The number of piperazine rings is 1. The second-order valence-corrected chi connectivity index (χ2v) is 7.51. The lowest BCUT2D eigenvalue weighted by Gasteiger charge is -2.36. The number of aliphatic imine (C=N–C) groups is 1. The quantitative estimate of drug-likeness (QED) is 0.640. The molecule has 0 aromatic carbocycles. The largest absolute Gasteiger partial charge is 0.357 e. The number of thiophene rings is 1. The number of rotatable bonds is 5. The van der Waals surface area contributed by atoms with Gasteiger partial charge in [-0.05, 0) is 25.1 Å². The van der Waals surface area contributed by atoms with Crippen LogP contribution in [0.4, 0.5) is 5.95 Å². The molecule has 0 unspecified atom stereocenters. The highest BCUT2D eigenvalue weighted by Crippen LogP contribution is 2.21. The van der Waals surface area contributed by atoms with Gasteiger partial charge in [0.1, 0.15) is 0 Å². The molecule has 0 atom stereocenters. The van der Waals surface area contributed by atoms with Crippen molar-refractivity contribution in [3.05, 3.63) is 39.8 Å². The molecular formula is C17H23ClN6S. The van der Waals surface area contributed by atoms with Crippen molar-refractivity contribution in [1.29, 1.82) is 0 Å². The molecular weight excluding hydrogens is 356 g/mol. The molecule has 3 heterocycles. The Hall–Kier alpha value is -1.86. The van der Waals surface area contributed by atoms with E-state index in [0.29, 0.717) is 0 Å². The van der Waals surface area contributed by atoms with Gasteiger partial charge in [0.2, 0.25) is 5.95 Å². The second-order valence-electron chi connectivity index (χ2n) is 5.71. The second kappa shape index (κ2) is 9.01. The van der Waals surface area contributed by atoms with Crippen LogP contribution in [0.3, 0.4) is 0 Å². The third kappa shape index (κ3) is 5.06. The Labute approximate surface area is 157 Å². The fourth-order valence-corrected chi connectivity index (χ4v) is 3.83. The van der Waals surface area contributed by atoms with Crippen LogP contribution in [-0.4, -0.2) is 60.1 Å². The number of nitrogens with one attached hydrogen (secondary N) is 1. The first kappa shape index (κ1) is 17.9. The molecule has 0 bridgehead atoms. The Morgan fingerprint density at radius 3 is 2.64 bits per heavy atom. The molecule has 0 saturated carbocycles. The van der Waals surface area contributed by atoms with E-state index in [1.165, 1.54) is 4.88 Å². The van der Waals surface area contributed by atoms with E-state index < -0.39 is 0 Å². The van der Waals surface area contributed by atoms with Crippen LogP contribution < -0.4 is 10.2 Å². The zero-order valence-electron chi connectivity index (χ0n) is 14.4. The van der Waals surface area contributed by atoms with Crippen molar-refractivity contribution in [2.24, 2.45) is 4.99 Å². The van der Waals surface area contributed by atoms with E-state index >= 15 is 0 Å². The van der Waals surface area contributed by atoms with Crippen molar-refractivity contribution in [2.75, 3.05) is 44.2 Å². The summed E-state index contributed by atoms with van der Waals surface area (Å²) < 4.78 is 0.838. The molecule has 25 heavy (non-hydrogen) atoms. The van der Waals surface area contributed by atoms with E-state index in [9.17, 15) is 0 Å². The number of anilines is 1. The van der Waals surface area contributed by atoms with Gasteiger partial charge in [-0.25, -0.2) is 9.97 Å². The minimum absolute atomic E-state index is 0.765. The molecule has 3 rings (SSSR count). The number of hydrogen-bond donors (Lipinski definition) is 1. The number of halogens is 1. The maximum atomic E-state index is 5.98. The van der Waals surface area contributed by atoms with Crippen LogP contribution in [0.25, 0.3) is 0 Å². The molecule has 0 amide bonds. The summed E-state index contributed by atoms with van der Waals surface area (Å²) in [6.45, 7) is 7.35. The van der Waals surface area contributed by atoms with Crippen LogP contribution in [0.1, 0.15) is 11.8 Å². The summed E-state index contributed by atoms with van der Waals surface area (Å²) in [7, 11) is 0. The Morgan fingerprint density at radius 1 is 1.24 bits per heavy atom. The smallest absolute Gasteiger partial charge is 0.225 e. The first-order valence-corrected chi connectivity index (χ1v) is 9.75. The summed E-state index contributed by atoms with van der Waals surface area (Å²) >= 11 is 7.61. The molecule has 1 fully saturated rings. The number of nitrogens with zero attached hydrogens (tertiary/aromatic N) is 5. The van der Waals surface area contributed by atoms with Crippen molar-refractivity contribution in [3.8, 4) is 0 Å². The summed E-state index contributed by atoms with van der Waals surface area (Å²) in [5.74, 6) is 1.79. The summed E-state index contributed by atoms with van der Waals surface area (Å²) in [6.07, 6.45) is 4.50. The Bertz CT molecular complexity index is 681. The third-order valence-corrected chi connectivity index (χ3v) is 5.29.